The fraction of sp³-hybridized carbons (Fsp3) is 0.357. The summed E-state index contributed by atoms with van der Waals surface area (Å²) in [4.78, 5) is 14.7. The number of hydrogen-bond donors (Lipinski definition) is 0. The highest BCUT2D eigenvalue weighted by atomic mass is 32.2. The Morgan fingerprint density at radius 3 is 2.72 bits per heavy atom. The van der Waals surface area contributed by atoms with E-state index in [9.17, 15) is 4.79 Å². The number of hydrogen-bond acceptors (Lipinski definition) is 3. The Hall–Kier alpha value is -1.00. The van der Waals surface area contributed by atoms with Crippen LogP contribution in [0.2, 0.25) is 0 Å². The average molecular weight is 277 g/mol. The second-order valence-electron chi connectivity index (χ2n) is 4.47. The van der Waals surface area contributed by atoms with Gasteiger partial charge in [0.25, 0.3) is 5.56 Å². The summed E-state index contributed by atoms with van der Waals surface area (Å²) in [5.41, 5.74) is 1.33. The van der Waals surface area contributed by atoms with Gasteiger partial charge in [0.2, 0.25) is 0 Å². The van der Waals surface area contributed by atoms with Crippen LogP contribution in [0, 0.1) is 0 Å². The van der Waals surface area contributed by atoms with Gasteiger partial charge in [0.15, 0.2) is 0 Å². The van der Waals surface area contributed by atoms with E-state index in [1.165, 1.54) is 22.6 Å². The van der Waals surface area contributed by atoms with Crippen LogP contribution in [0.4, 0.5) is 0 Å². The summed E-state index contributed by atoms with van der Waals surface area (Å²) < 4.78 is 1.91. The molecule has 1 aliphatic rings. The Labute approximate surface area is 115 Å². The molecule has 2 nitrogen and oxygen atoms in total. The summed E-state index contributed by atoms with van der Waals surface area (Å²) >= 11 is 3.39. The molecule has 4 heteroatoms. The van der Waals surface area contributed by atoms with Crippen LogP contribution in [0.3, 0.4) is 0 Å². The van der Waals surface area contributed by atoms with E-state index in [2.05, 4.69) is 12.1 Å². The van der Waals surface area contributed by atoms with Crippen molar-refractivity contribution in [2.75, 3.05) is 0 Å². The lowest BCUT2D eigenvalue weighted by molar-refractivity contribution is 0.690. The van der Waals surface area contributed by atoms with E-state index in [1.807, 2.05) is 22.2 Å². The standard InChI is InChI=1S/C14H15NOS2/c16-14-12-8-4-5-9-13(12)18-15(14)10-17-11-6-2-1-3-7-11/h1-3,6-7H,4-5,8-10H2. The largest absolute Gasteiger partial charge is 0.268 e. The SMILES string of the molecule is O=c1c2c(sn1CSc1ccccc1)CCCC2. The summed E-state index contributed by atoms with van der Waals surface area (Å²) in [6.07, 6.45) is 4.48. The van der Waals surface area contributed by atoms with Crippen LogP contribution in [0.5, 0.6) is 0 Å². The first-order valence-electron chi connectivity index (χ1n) is 6.24. The van der Waals surface area contributed by atoms with Gasteiger partial charge in [-0.2, -0.15) is 0 Å². The van der Waals surface area contributed by atoms with E-state index in [0.717, 1.165) is 24.3 Å². The number of aromatic nitrogens is 1. The molecule has 0 amide bonds. The molecular weight excluding hydrogens is 262 g/mol. The van der Waals surface area contributed by atoms with Crippen molar-refractivity contribution < 1.29 is 0 Å². The summed E-state index contributed by atoms with van der Waals surface area (Å²) in [5.74, 6) is 0.737. The third-order valence-corrected chi connectivity index (χ3v) is 5.56. The quantitative estimate of drug-likeness (QED) is 0.801. The number of rotatable bonds is 3. The Kier molecular flexibility index (Phi) is 3.57. The molecule has 1 aromatic heterocycles. The van der Waals surface area contributed by atoms with Gasteiger partial charge in [0.1, 0.15) is 0 Å². The van der Waals surface area contributed by atoms with Gasteiger partial charge in [0.05, 0.1) is 5.88 Å². The minimum absolute atomic E-state index is 0.248. The third kappa shape index (κ3) is 2.40. The molecule has 0 saturated carbocycles. The maximum absolute atomic E-state index is 12.2. The normalized spacial score (nSPS) is 14.4. The minimum atomic E-state index is 0.248. The van der Waals surface area contributed by atoms with Crippen molar-refractivity contribution in [3.63, 3.8) is 0 Å². The zero-order chi connectivity index (χ0) is 12.4. The van der Waals surface area contributed by atoms with Gasteiger partial charge in [-0.15, -0.1) is 11.8 Å². The molecule has 0 spiro atoms. The number of benzene rings is 1. The monoisotopic (exact) mass is 277 g/mol. The van der Waals surface area contributed by atoms with Crippen molar-refractivity contribution in [3.8, 4) is 0 Å². The molecule has 3 rings (SSSR count). The fourth-order valence-corrected chi connectivity index (χ4v) is 4.36. The Bertz CT molecular complexity index is 586. The lowest BCUT2D eigenvalue weighted by atomic mass is 10.00. The van der Waals surface area contributed by atoms with Crippen LogP contribution in [-0.4, -0.2) is 3.96 Å². The summed E-state index contributed by atoms with van der Waals surface area (Å²) in [6.45, 7) is 0. The van der Waals surface area contributed by atoms with Crippen LogP contribution < -0.4 is 5.56 Å². The van der Waals surface area contributed by atoms with Crippen molar-refractivity contribution in [1.29, 1.82) is 0 Å². The summed E-state index contributed by atoms with van der Waals surface area (Å²) in [5, 5.41) is 0. The molecule has 0 aliphatic heterocycles. The van der Waals surface area contributed by atoms with Crippen LogP contribution in [0.25, 0.3) is 0 Å². The zero-order valence-corrected chi connectivity index (χ0v) is 11.7. The van der Waals surface area contributed by atoms with Crippen LogP contribution in [0.15, 0.2) is 40.0 Å². The molecule has 1 aliphatic carbocycles. The molecule has 0 N–H and O–H groups in total. The number of fused-ring (bicyclic) bond motifs is 1. The Morgan fingerprint density at radius 2 is 1.94 bits per heavy atom. The first-order valence-corrected chi connectivity index (χ1v) is 8.00. The smallest absolute Gasteiger partial charge is 0.264 e. The molecule has 0 bridgehead atoms. The van der Waals surface area contributed by atoms with Crippen molar-refractivity contribution in [1.82, 2.24) is 3.96 Å². The fourth-order valence-electron chi connectivity index (χ4n) is 2.26. The first kappa shape index (κ1) is 12.1. The van der Waals surface area contributed by atoms with E-state index in [4.69, 9.17) is 0 Å². The molecule has 0 unspecified atom stereocenters. The van der Waals surface area contributed by atoms with Crippen LogP contribution >= 0.6 is 23.3 Å². The van der Waals surface area contributed by atoms with E-state index in [1.54, 1.807) is 23.3 Å². The molecule has 18 heavy (non-hydrogen) atoms. The predicted molar refractivity (Wildman–Crippen MR) is 77.5 cm³/mol. The third-order valence-electron chi connectivity index (χ3n) is 3.21. The van der Waals surface area contributed by atoms with Crippen molar-refractivity contribution >= 4 is 23.3 Å². The Morgan fingerprint density at radius 1 is 1.17 bits per heavy atom. The summed E-state index contributed by atoms with van der Waals surface area (Å²) in [6, 6.07) is 10.3. The molecule has 94 valence electrons. The Balaban J connectivity index is 1.77. The van der Waals surface area contributed by atoms with Crippen molar-refractivity contribution in [2.24, 2.45) is 0 Å². The topological polar surface area (TPSA) is 22.0 Å². The van der Waals surface area contributed by atoms with Gasteiger partial charge < -0.3 is 0 Å². The highest BCUT2D eigenvalue weighted by Crippen LogP contribution is 2.25. The molecule has 1 aromatic carbocycles. The highest BCUT2D eigenvalue weighted by molar-refractivity contribution is 7.98. The van der Waals surface area contributed by atoms with E-state index in [0.29, 0.717) is 0 Å². The van der Waals surface area contributed by atoms with Crippen LogP contribution in [0.1, 0.15) is 23.3 Å². The maximum Gasteiger partial charge on any atom is 0.264 e. The summed E-state index contributed by atoms with van der Waals surface area (Å²) in [7, 11) is 0. The van der Waals surface area contributed by atoms with E-state index >= 15 is 0 Å². The number of nitrogens with zero attached hydrogens (tertiary/aromatic N) is 1. The first-order chi connectivity index (χ1) is 8.84. The molecule has 0 atom stereocenters. The number of thioether (sulfide) groups is 1. The average Bonchev–Trinajstić information content (AvgIpc) is 2.75. The van der Waals surface area contributed by atoms with Gasteiger partial charge in [0, 0.05) is 15.3 Å². The van der Waals surface area contributed by atoms with E-state index < -0.39 is 0 Å². The molecule has 0 radical (unpaired) electrons. The molecule has 0 saturated heterocycles. The molecule has 0 fully saturated rings. The molecular formula is C14H15NOS2. The van der Waals surface area contributed by atoms with E-state index in [-0.39, 0.29) is 5.56 Å². The lowest BCUT2D eigenvalue weighted by Crippen LogP contribution is -2.17. The molecule has 1 heterocycles. The van der Waals surface area contributed by atoms with Crippen LogP contribution in [-0.2, 0) is 18.7 Å². The zero-order valence-electron chi connectivity index (χ0n) is 10.1. The van der Waals surface area contributed by atoms with Gasteiger partial charge in [-0.05, 0) is 37.8 Å². The highest BCUT2D eigenvalue weighted by Gasteiger charge is 2.17. The van der Waals surface area contributed by atoms with Gasteiger partial charge >= 0.3 is 0 Å². The second-order valence-corrected chi connectivity index (χ2v) is 6.60. The van der Waals surface area contributed by atoms with Gasteiger partial charge in [-0.25, -0.2) is 0 Å². The predicted octanol–water partition coefficient (Wildman–Crippen LogP) is 3.54. The maximum atomic E-state index is 12.2. The van der Waals surface area contributed by atoms with Crippen molar-refractivity contribution in [2.45, 2.75) is 36.5 Å². The number of aryl methyl sites for hydroxylation is 1. The second kappa shape index (κ2) is 5.33. The molecule has 2 aromatic rings. The minimum Gasteiger partial charge on any atom is -0.268 e. The van der Waals surface area contributed by atoms with Crippen molar-refractivity contribution in [3.05, 3.63) is 51.1 Å². The van der Waals surface area contributed by atoms with Gasteiger partial charge in [-0.1, -0.05) is 29.7 Å². The van der Waals surface area contributed by atoms with Gasteiger partial charge in [-0.3, -0.25) is 8.75 Å². The lowest BCUT2D eigenvalue weighted by Gasteiger charge is -2.06.